The third kappa shape index (κ3) is 3.02. The molecule has 0 amide bonds. The third-order valence-corrected chi connectivity index (χ3v) is 2.25. The van der Waals surface area contributed by atoms with Gasteiger partial charge < -0.3 is 10.5 Å². The molecule has 15 heavy (non-hydrogen) atoms. The van der Waals surface area contributed by atoms with Crippen molar-refractivity contribution in [2.45, 2.75) is 19.4 Å². The van der Waals surface area contributed by atoms with E-state index in [2.05, 4.69) is 4.74 Å². The van der Waals surface area contributed by atoms with Crippen LogP contribution in [0.2, 0.25) is 0 Å². The molecule has 1 unspecified atom stereocenters. The first-order chi connectivity index (χ1) is 7.04. The van der Waals surface area contributed by atoms with E-state index in [0.717, 1.165) is 11.1 Å². The number of benzene rings is 1. The average Bonchev–Trinajstić information content (AvgIpc) is 2.20. The Hall–Kier alpha value is -1.42. The van der Waals surface area contributed by atoms with Crippen LogP contribution in [-0.4, -0.2) is 19.1 Å². The second kappa shape index (κ2) is 4.89. The highest BCUT2D eigenvalue weighted by Crippen LogP contribution is 2.12. The van der Waals surface area contributed by atoms with Crippen LogP contribution in [-0.2, 0) is 16.0 Å². The van der Waals surface area contributed by atoms with Crippen molar-refractivity contribution >= 4 is 5.97 Å². The van der Waals surface area contributed by atoms with E-state index in [-0.39, 0.29) is 5.82 Å². The van der Waals surface area contributed by atoms with Crippen molar-refractivity contribution in [2.24, 2.45) is 5.73 Å². The molecule has 1 aromatic carbocycles. The van der Waals surface area contributed by atoms with Gasteiger partial charge in [-0.3, -0.25) is 4.79 Å². The van der Waals surface area contributed by atoms with Crippen LogP contribution in [0.3, 0.4) is 0 Å². The van der Waals surface area contributed by atoms with Crippen molar-refractivity contribution in [1.29, 1.82) is 0 Å². The lowest BCUT2D eigenvalue weighted by atomic mass is 10.0. The fourth-order valence-corrected chi connectivity index (χ4v) is 1.36. The highest BCUT2D eigenvalue weighted by atomic mass is 19.1. The van der Waals surface area contributed by atoms with Gasteiger partial charge >= 0.3 is 5.97 Å². The topological polar surface area (TPSA) is 52.3 Å². The van der Waals surface area contributed by atoms with E-state index >= 15 is 0 Å². The van der Waals surface area contributed by atoms with Crippen molar-refractivity contribution in [3.63, 3.8) is 0 Å². The van der Waals surface area contributed by atoms with Gasteiger partial charge in [-0.25, -0.2) is 4.39 Å². The lowest BCUT2D eigenvalue weighted by Gasteiger charge is -2.11. The maximum absolute atomic E-state index is 12.8. The molecular weight excluding hydrogens is 197 g/mol. The molecule has 0 heterocycles. The molecule has 0 aliphatic heterocycles. The lowest BCUT2D eigenvalue weighted by molar-refractivity contribution is -0.142. The Balaban J connectivity index is 2.76. The van der Waals surface area contributed by atoms with Crippen LogP contribution in [0, 0.1) is 12.7 Å². The molecule has 0 spiro atoms. The summed E-state index contributed by atoms with van der Waals surface area (Å²) >= 11 is 0. The van der Waals surface area contributed by atoms with Crippen molar-refractivity contribution in [2.75, 3.05) is 7.11 Å². The molecule has 0 aromatic heterocycles. The molecule has 0 aliphatic carbocycles. The van der Waals surface area contributed by atoms with E-state index in [1.54, 1.807) is 13.0 Å². The lowest BCUT2D eigenvalue weighted by Crippen LogP contribution is -2.33. The number of nitrogens with two attached hydrogens (primary N) is 1. The Morgan fingerprint density at radius 1 is 1.60 bits per heavy atom. The Bertz CT molecular complexity index is 366. The van der Waals surface area contributed by atoms with Crippen molar-refractivity contribution in [3.05, 3.63) is 35.1 Å². The minimum Gasteiger partial charge on any atom is -0.468 e. The highest BCUT2D eigenvalue weighted by molar-refractivity contribution is 5.75. The molecule has 3 nitrogen and oxygen atoms in total. The summed E-state index contributed by atoms with van der Waals surface area (Å²) in [6, 6.07) is 3.71. The molecule has 0 saturated carbocycles. The number of hydrogen-bond donors (Lipinski definition) is 1. The molecule has 4 heteroatoms. The fraction of sp³-hybridized carbons (Fsp3) is 0.364. The third-order valence-electron chi connectivity index (χ3n) is 2.25. The van der Waals surface area contributed by atoms with Gasteiger partial charge in [-0.05, 0) is 36.6 Å². The van der Waals surface area contributed by atoms with Gasteiger partial charge in [-0.2, -0.15) is 0 Å². The smallest absolute Gasteiger partial charge is 0.322 e. The number of carbonyl (C=O) groups is 1. The van der Waals surface area contributed by atoms with Crippen LogP contribution in [0.5, 0.6) is 0 Å². The van der Waals surface area contributed by atoms with E-state index in [9.17, 15) is 9.18 Å². The second-order valence-corrected chi connectivity index (χ2v) is 3.40. The zero-order chi connectivity index (χ0) is 11.4. The molecule has 1 atom stereocenters. The number of methoxy groups -OCH3 is 1. The Labute approximate surface area is 88.0 Å². The summed E-state index contributed by atoms with van der Waals surface area (Å²) < 4.78 is 17.3. The fourth-order valence-electron chi connectivity index (χ4n) is 1.36. The summed E-state index contributed by atoms with van der Waals surface area (Å²) in [5.74, 6) is -0.749. The number of rotatable bonds is 3. The molecule has 1 aromatic rings. The van der Waals surface area contributed by atoms with Crippen LogP contribution in [0.15, 0.2) is 18.2 Å². The molecule has 2 N–H and O–H groups in total. The van der Waals surface area contributed by atoms with Gasteiger partial charge in [-0.15, -0.1) is 0 Å². The summed E-state index contributed by atoms with van der Waals surface area (Å²) in [5.41, 5.74) is 7.24. The maximum Gasteiger partial charge on any atom is 0.322 e. The monoisotopic (exact) mass is 211 g/mol. The summed E-state index contributed by atoms with van der Waals surface area (Å²) in [5, 5.41) is 0. The van der Waals surface area contributed by atoms with Gasteiger partial charge in [0.15, 0.2) is 0 Å². The molecule has 1 rings (SSSR count). The van der Waals surface area contributed by atoms with E-state index in [0.29, 0.717) is 6.42 Å². The second-order valence-electron chi connectivity index (χ2n) is 3.40. The van der Waals surface area contributed by atoms with Crippen molar-refractivity contribution in [3.8, 4) is 0 Å². The van der Waals surface area contributed by atoms with Crippen LogP contribution < -0.4 is 5.73 Å². The SMILES string of the molecule is COC(=O)C(N)Cc1ccc(F)cc1C. The Morgan fingerprint density at radius 2 is 2.27 bits per heavy atom. The molecule has 0 saturated heterocycles. The van der Waals surface area contributed by atoms with Crippen LogP contribution in [0.1, 0.15) is 11.1 Å². The Morgan fingerprint density at radius 3 is 2.80 bits per heavy atom. The number of halogens is 1. The van der Waals surface area contributed by atoms with Gasteiger partial charge in [0.05, 0.1) is 7.11 Å². The molecule has 0 fully saturated rings. The first-order valence-corrected chi connectivity index (χ1v) is 4.63. The van der Waals surface area contributed by atoms with E-state index in [1.807, 2.05) is 0 Å². The largest absolute Gasteiger partial charge is 0.468 e. The highest BCUT2D eigenvalue weighted by Gasteiger charge is 2.15. The maximum atomic E-state index is 12.8. The minimum absolute atomic E-state index is 0.289. The number of esters is 1. The number of ether oxygens (including phenoxy) is 1. The summed E-state index contributed by atoms with van der Waals surface area (Å²) in [6.45, 7) is 1.78. The summed E-state index contributed by atoms with van der Waals surface area (Å²) in [7, 11) is 1.29. The van der Waals surface area contributed by atoms with E-state index in [1.165, 1.54) is 19.2 Å². The normalized spacial score (nSPS) is 12.3. The zero-order valence-corrected chi connectivity index (χ0v) is 8.79. The Kier molecular flexibility index (Phi) is 3.80. The van der Waals surface area contributed by atoms with Gasteiger partial charge in [0, 0.05) is 0 Å². The molecular formula is C11H14FNO2. The predicted octanol–water partition coefficient (Wildman–Crippen LogP) is 1.18. The number of carbonyl (C=O) groups excluding carboxylic acids is 1. The molecule has 0 aliphatic rings. The van der Waals surface area contributed by atoms with E-state index in [4.69, 9.17) is 5.73 Å². The van der Waals surface area contributed by atoms with Gasteiger partial charge in [0.1, 0.15) is 11.9 Å². The molecule has 0 radical (unpaired) electrons. The van der Waals surface area contributed by atoms with Crippen LogP contribution in [0.4, 0.5) is 4.39 Å². The number of aryl methyl sites for hydroxylation is 1. The first-order valence-electron chi connectivity index (χ1n) is 4.63. The van der Waals surface area contributed by atoms with E-state index < -0.39 is 12.0 Å². The van der Waals surface area contributed by atoms with Gasteiger partial charge in [0.2, 0.25) is 0 Å². The number of hydrogen-bond acceptors (Lipinski definition) is 3. The predicted molar refractivity (Wildman–Crippen MR) is 54.8 cm³/mol. The van der Waals surface area contributed by atoms with Gasteiger partial charge in [0.25, 0.3) is 0 Å². The molecule has 0 bridgehead atoms. The van der Waals surface area contributed by atoms with Gasteiger partial charge in [-0.1, -0.05) is 6.07 Å². The van der Waals surface area contributed by atoms with Crippen LogP contribution in [0.25, 0.3) is 0 Å². The average molecular weight is 211 g/mol. The van der Waals surface area contributed by atoms with Crippen molar-refractivity contribution in [1.82, 2.24) is 0 Å². The summed E-state index contributed by atoms with van der Waals surface area (Å²) in [4.78, 5) is 11.1. The zero-order valence-electron chi connectivity index (χ0n) is 8.79. The van der Waals surface area contributed by atoms with Crippen LogP contribution >= 0.6 is 0 Å². The van der Waals surface area contributed by atoms with Crippen molar-refractivity contribution < 1.29 is 13.9 Å². The standard InChI is InChI=1S/C11H14FNO2/c1-7-5-9(12)4-3-8(7)6-10(13)11(14)15-2/h3-5,10H,6,13H2,1-2H3. The summed E-state index contributed by atoms with van der Waals surface area (Å²) in [6.07, 6.45) is 0.360. The minimum atomic E-state index is -0.695. The molecule has 82 valence electrons. The quantitative estimate of drug-likeness (QED) is 0.764. The first kappa shape index (κ1) is 11.7.